The number of rotatable bonds is 55. The molecule has 0 heterocycles. The number of hydrogen-bond donors (Lipinski definition) is 5. The highest BCUT2D eigenvalue weighted by Gasteiger charge is 2.27. The molecule has 0 aromatic carbocycles. The number of carbonyl (C=O) groups is 4. The molecule has 418 valence electrons. The van der Waals surface area contributed by atoms with E-state index in [0.717, 1.165) is 77.0 Å². The number of nitrogens with one attached hydrogen (secondary N) is 2. The van der Waals surface area contributed by atoms with Gasteiger partial charge in [-0.15, -0.1) is 0 Å². The molecule has 0 aromatic rings. The van der Waals surface area contributed by atoms with Gasteiger partial charge < -0.3 is 35.4 Å². The third kappa shape index (κ3) is 44.7. The number of carboxylic acids is 1. The van der Waals surface area contributed by atoms with Crippen LogP contribution in [0.2, 0.25) is 0 Å². The highest BCUT2D eigenvalue weighted by molar-refractivity contribution is 5.83. The van der Waals surface area contributed by atoms with E-state index >= 15 is 0 Å². The van der Waals surface area contributed by atoms with Gasteiger partial charge in [0.25, 0.3) is 0 Å². The molecule has 5 N–H and O–H groups in total. The molecule has 3 unspecified atom stereocenters. The Morgan fingerprint density at radius 3 is 1.21 bits per heavy atom. The van der Waals surface area contributed by atoms with Gasteiger partial charge in [-0.1, -0.05) is 259 Å². The van der Waals surface area contributed by atoms with Gasteiger partial charge in [-0.25, -0.2) is 4.79 Å². The van der Waals surface area contributed by atoms with Crippen molar-refractivity contribution in [3.8, 4) is 0 Å². The SMILES string of the molecule is CCCCCCCCCCCCCC(=O)N/C(=C(\CO)OC(=O)CC(CCCCCCCCCCC)OCCCCCCCCCC)C(O)CCC(NC(=O)CCCCCCCCCCCCC)C(=O)O. The van der Waals surface area contributed by atoms with Crippen molar-refractivity contribution in [2.45, 2.75) is 335 Å². The first-order chi connectivity index (χ1) is 34.6. The monoisotopic (exact) mass is 1010 g/mol. The fourth-order valence-electron chi connectivity index (χ4n) is 9.39. The second-order valence-electron chi connectivity index (χ2n) is 20.9. The molecule has 71 heavy (non-hydrogen) atoms. The number of aliphatic hydroxyl groups is 2. The van der Waals surface area contributed by atoms with E-state index in [0.29, 0.717) is 25.9 Å². The smallest absolute Gasteiger partial charge is 0.326 e. The van der Waals surface area contributed by atoms with E-state index in [1.807, 2.05) is 0 Å². The molecule has 0 bridgehead atoms. The molecule has 0 aliphatic rings. The fourth-order valence-corrected chi connectivity index (χ4v) is 9.39. The minimum absolute atomic E-state index is 0.0418. The van der Waals surface area contributed by atoms with Crippen molar-refractivity contribution in [1.82, 2.24) is 10.6 Å². The number of carboxylic acid groups (broad SMARTS) is 1. The summed E-state index contributed by atoms with van der Waals surface area (Å²) in [6.45, 7) is 8.69. The zero-order valence-corrected chi connectivity index (χ0v) is 46.8. The summed E-state index contributed by atoms with van der Waals surface area (Å²) in [7, 11) is 0. The van der Waals surface area contributed by atoms with Crippen LogP contribution in [0, 0.1) is 0 Å². The topological polar surface area (TPSA) is 171 Å². The lowest BCUT2D eigenvalue weighted by molar-refractivity contribution is -0.144. The summed E-state index contributed by atoms with van der Waals surface area (Å²) in [5, 5.41) is 37.6. The van der Waals surface area contributed by atoms with Crippen molar-refractivity contribution in [2.75, 3.05) is 13.2 Å². The van der Waals surface area contributed by atoms with E-state index in [1.165, 1.54) is 161 Å². The third-order valence-corrected chi connectivity index (χ3v) is 14.0. The molecule has 0 fully saturated rings. The Labute approximate surface area is 436 Å². The maximum absolute atomic E-state index is 13.7. The van der Waals surface area contributed by atoms with Crippen LogP contribution in [-0.4, -0.2) is 70.5 Å². The van der Waals surface area contributed by atoms with E-state index in [-0.39, 0.29) is 61.5 Å². The van der Waals surface area contributed by atoms with Crippen molar-refractivity contribution in [2.24, 2.45) is 0 Å². The number of carbonyl (C=O) groups excluding carboxylic acids is 3. The molecule has 0 aromatic heterocycles. The van der Waals surface area contributed by atoms with Crippen LogP contribution in [0.4, 0.5) is 0 Å². The lowest BCUT2D eigenvalue weighted by Crippen LogP contribution is -2.42. The van der Waals surface area contributed by atoms with Crippen molar-refractivity contribution in [3.63, 3.8) is 0 Å². The number of amides is 2. The molecule has 0 aliphatic heterocycles. The van der Waals surface area contributed by atoms with E-state index in [2.05, 4.69) is 38.3 Å². The number of esters is 1. The molecule has 2 amide bonds. The summed E-state index contributed by atoms with van der Waals surface area (Å²) in [4.78, 5) is 52.3. The first kappa shape index (κ1) is 68.5. The van der Waals surface area contributed by atoms with E-state index in [1.54, 1.807) is 0 Å². The molecule has 0 saturated heterocycles. The van der Waals surface area contributed by atoms with Gasteiger partial charge in [-0.2, -0.15) is 0 Å². The molecule has 11 heteroatoms. The summed E-state index contributed by atoms with van der Waals surface area (Å²) in [6.07, 6.45) is 44.1. The fraction of sp³-hybridized carbons (Fsp3) is 0.900. The van der Waals surface area contributed by atoms with E-state index < -0.39 is 30.7 Å². The third-order valence-electron chi connectivity index (χ3n) is 14.0. The Balaban J connectivity index is 5.72. The summed E-state index contributed by atoms with van der Waals surface area (Å²) in [6, 6.07) is -1.27. The Hall–Kier alpha value is -2.50. The summed E-state index contributed by atoms with van der Waals surface area (Å²) in [5.74, 6) is -2.87. The van der Waals surface area contributed by atoms with Crippen molar-refractivity contribution in [1.29, 1.82) is 0 Å². The van der Waals surface area contributed by atoms with Gasteiger partial charge in [0.1, 0.15) is 12.6 Å². The van der Waals surface area contributed by atoms with Crippen LogP contribution in [0.15, 0.2) is 11.5 Å². The van der Waals surface area contributed by atoms with Crippen molar-refractivity contribution >= 4 is 23.8 Å². The summed E-state index contributed by atoms with van der Waals surface area (Å²) >= 11 is 0. The number of unbranched alkanes of at least 4 members (excludes halogenated alkanes) is 35. The quantitative estimate of drug-likeness (QED) is 0.0226. The minimum atomic E-state index is -1.48. The number of ether oxygens (including phenoxy) is 2. The van der Waals surface area contributed by atoms with Crippen LogP contribution in [0.25, 0.3) is 0 Å². The van der Waals surface area contributed by atoms with Gasteiger partial charge >= 0.3 is 11.9 Å². The number of hydrogen-bond acceptors (Lipinski definition) is 8. The highest BCUT2D eigenvalue weighted by Crippen LogP contribution is 2.21. The first-order valence-corrected chi connectivity index (χ1v) is 30.3. The molecule has 0 radical (unpaired) electrons. The van der Waals surface area contributed by atoms with Crippen LogP contribution in [-0.2, 0) is 28.7 Å². The Morgan fingerprint density at radius 2 is 0.817 bits per heavy atom. The van der Waals surface area contributed by atoms with Crippen molar-refractivity contribution in [3.05, 3.63) is 11.5 Å². The first-order valence-electron chi connectivity index (χ1n) is 30.3. The van der Waals surface area contributed by atoms with Gasteiger partial charge in [-0.05, 0) is 38.5 Å². The number of aliphatic hydroxyl groups excluding tert-OH is 2. The maximum atomic E-state index is 13.7. The van der Waals surface area contributed by atoms with Crippen LogP contribution in [0.3, 0.4) is 0 Å². The minimum Gasteiger partial charge on any atom is -0.480 e. The molecular formula is C60H114N2O9. The normalized spacial score (nSPS) is 13.2. The second-order valence-corrected chi connectivity index (χ2v) is 20.9. The Bertz CT molecular complexity index is 1250. The average molecular weight is 1010 g/mol. The molecule has 11 nitrogen and oxygen atoms in total. The van der Waals surface area contributed by atoms with E-state index in [4.69, 9.17) is 9.47 Å². The lowest BCUT2D eigenvalue weighted by Gasteiger charge is -2.22. The Kier molecular flexibility index (Phi) is 50.5. The summed E-state index contributed by atoms with van der Waals surface area (Å²) in [5.41, 5.74) is -0.152. The predicted molar refractivity (Wildman–Crippen MR) is 294 cm³/mol. The van der Waals surface area contributed by atoms with E-state index in [9.17, 15) is 34.5 Å². The largest absolute Gasteiger partial charge is 0.480 e. The molecule has 0 saturated carbocycles. The van der Waals surface area contributed by atoms with Crippen LogP contribution in [0.1, 0.15) is 317 Å². The van der Waals surface area contributed by atoms with Gasteiger partial charge in [0.15, 0.2) is 5.76 Å². The van der Waals surface area contributed by atoms with Crippen LogP contribution in [0.5, 0.6) is 0 Å². The van der Waals surface area contributed by atoms with Gasteiger partial charge in [0.2, 0.25) is 11.8 Å². The van der Waals surface area contributed by atoms with Crippen LogP contribution < -0.4 is 10.6 Å². The zero-order chi connectivity index (χ0) is 52.3. The summed E-state index contributed by atoms with van der Waals surface area (Å²) < 4.78 is 12.1. The molecular weight excluding hydrogens is 893 g/mol. The van der Waals surface area contributed by atoms with Crippen LogP contribution >= 0.6 is 0 Å². The molecule has 0 aliphatic carbocycles. The zero-order valence-electron chi connectivity index (χ0n) is 46.8. The lowest BCUT2D eigenvalue weighted by atomic mass is 10.0. The molecule has 3 atom stereocenters. The Morgan fingerprint density at radius 1 is 0.451 bits per heavy atom. The second kappa shape index (κ2) is 52.4. The number of aliphatic carboxylic acids is 1. The molecule has 0 rings (SSSR count). The van der Waals surface area contributed by atoms with Gasteiger partial charge in [-0.3, -0.25) is 14.4 Å². The predicted octanol–water partition coefficient (Wildman–Crippen LogP) is 15.8. The van der Waals surface area contributed by atoms with Crippen molar-refractivity contribution < 1.29 is 44.0 Å². The standard InChI is InChI=1S/C60H114N2O9/c1-5-9-13-17-21-25-27-30-33-37-41-45-56(65)61-53(60(68)69)47-48-54(64)59(62-57(66)46-42-38-34-31-28-26-22-18-14-10-6-2)55(51-63)71-58(67)50-52(44-40-36-32-29-23-19-15-11-7-3)70-49-43-39-35-24-20-16-12-8-4/h52-54,63-64H,5-51H2,1-4H3,(H,61,65)(H,62,66)(H,68,69)/b59-55+. The maximum Gasteiger partial charge on any atom is 0.326 e. The average Bonchev–Trinajstić information content (AvgIpc) is 3.35. The van der Waals surface area contributed by atoms with Gasteiger partial charge in [0, 0.05) is 19.4 Å². The van der Waals surface area contributed by atoms with Gasteiger partial charge in [0.05, 0.1) is 24.3 Å². The highest BCUT2D eigenvalue weighted by atomic mass is 16.5. The molecule has 0 spiro atoms.